The standard InChI is InChI=1S/C21H24FN5O2/c1-24-20(28)26-9-15-11-27(12-16(15)10-26)21(29)25-19-8-14(4-7-18(19)23)13-2-5-17(22)6-3-13/h2-8,15-16H,9-12,23H2,1H3,(H,24,28)(H,25,29). The van der Waals surface area contributed by atoms with E-state index in [0.29, 0.717) is 49.4 Å². The molecule has 0 spiro atoms. The van der Waals surface area contributed by atoms with Gasteiger partial charge in [0.2, 0.25) is 0 Å². The van der Waals surface area contributed by atoms with E-state index in [4.69, 9.17) is 5.73 Å². The molecular weight excluding hydrogens is 373 g/mol. The van der Waals surface area contributed by atoms with Gasteiger partial charge in [-0.25, -0.2) is 14.0 Å². The number of urea groups is 2. The highest BCUT2D eigenvalue weighted by molar-refractivity contribution is 5.94. The molecule has 4 N–H and O–H groups in total. The fourth-order valence-corrected chi connectivity index (χ4v) is 4.16. The maximum Gasteiger partial charge on any atom is 0.321 e. The van der Waals surface area contributed by atoms with Crippen LogP contribution in [0, 0.1) is 17.7 Å². The van der Waals surface area contributed by atoms with Crippen molar-refractivity contribution in [3.8, 4) is 11.1 Å². The molecule has 0 bridgehead atoms. The molecule has 0 aliphatic carbocycles. The highest BCUT2D eigenvalue weighted by Crippen LogP contribution is 2.32. The van der Waals surface area contributed by atoms with Crippen LogP contribution >= 0.6 is 0 Å². The largest absolute Gasteiger partial charge is 0.397 e. The van der Waals surface area contributed by atoms with Crippen LogP contribution in [0.2, 0.25) is 0 Å². The van der Waals surface area contributed by atoms with Crippen LogP contribution in [0.4, 0.5) is 25.4 Å². The number of likely N-dealkylation sites (tertiary alicyclic amines) is 2. The van der Waals surface area contributed by atoms with Gasteiger partial charge in [0.05, 0.1) is 11.4 Å². The van der Waals surface area contributed by atoms with Crippen LogP contribution in [0.25, 0.3) is 11.1 Å². The number of nitrogens with two attached hydrogens (primary N) is 1. The molecule has 8 heteroatoms. The van der Waals surface area contributed by atoms with Crippen molar-refractivity contribution in [1.82, 2.24) is 15.1 Å². The summed E-state index contributed by atoms with van der Waals surface area (Å²) in [7, 11) is 1.63. The maximum atomic E-state index is 13.2. The van der Waals surface area contributed by atoms with E-state index in [0.717, 1.165) is 11.1 Å². The summed E-state index contributed by atoms with van der Waals surface area (Å²) in [5, 5.41) is 5.55. The number of carbonyl (C=O) groups excluding carboxylic acids is 2. The SMILES string of the molecule is CNC(=O)N1CC2CN(C(=O)Nc3cc(-c4ccc(F)cc4)ccc3N)CC2C1. The summed E-state index contributed by atoms with van der Waals surface area (Å²) < 4.78 is 13.2. The van der Waals surface area contributed by atoms with E-state index >= 15 is 0 Å². The number of hydrogen-bond donors (Lipinski definition) is 3. The Balaban J connectivity index is 1.42. The first-order chi connectivity index (χ1) is 13.9. The zero-order valence-corrected chi connectivity index (χ0v) is 16.2. The Morgan fingerprint density at radius 2 is 1.48 bits per heavy atom. The molecule has 2 fully saturated rings. The predicted octanol–water partition coefficient (Wildman–Crippen LogP) is 2.81. The zero-order valence-electron chi connectivity index (χ0n) is 16.2. The zero-order chi connectivity index (χ0) is 20.5. The van der Waals surface area contributed by atoms with Gasteiger partial charge >= 0.3 is 12.1 Å². The van der Waals surface area contributed by atoms with Gasteiger partial charge in [-0.1, -0.05) is 18.2 Å². The number of rotatable bonds is 2. The third-order valence-electron chi connectivity index (χ3n) is 5.75. The summed E-state index contributed by atoms with van der Waals surface area (Å²) in [5.41, 5.74) is 8.73. The molecule has 0 aromatic heterocycles. The topological polar surface area (TPSA) is 90.7 Å². The van der Waals surface area contributed by atoms with E-state index < -0.39 is 0 Å². The lowest BCUT2D eigenvalue weighted by molar-refractivity contribution is 0.199. The van der Waals surface area contributed by atoms with Gasteiger partial charge in [0.1, 0.15) is 5.82 Å². The van der Waals surface area contributed by atoms with E-state index in [1.54, 1.807) is 41.1 Å². The van der Waals surface area contributed by atoms with Gasteiger partial charge in [0, 0.05) is 45.1 Å². The monoisotopic (exact) mass is 397 g/mol. The normalized spacial score (nSPS) is 20.5. The number of benzene rings is 2. The van der Waals surface area contributed by atoms with Crippen molar-refractivity contribution in [2.75, 3.05) is 44.3 Å². The van der Waals surface area contributed by atoms with Crippen molar-refractivity contribution in [3.63, 3.8) is 0 Å². The molecule has 4 amide bonds. The van der Waals surface area contributed by atoms with Gasteiger partial charge in [0.25, 0.3) is 0 Å². The first-order valence-electron chi connectivity index (χ1n) is 9.62. The lowest BCUT2D eigenvalue weighted by Crippen LogP contribution is -2.40. The van der Waals surface area contributed by atoms with Gasteiger partial charge in [-0.3, -0.25) is 0 Å². The summed E-state index contributed by atoms with van der Waals surface area (Å²) in [6.07, 6.45) is 0. The summed E-state index contributed by atoms with van der Waals surface area (Å²) in [6.45, 7) is 2.55. The molecule has 2 atom stereocenters. The second-order valence-corrected chi connectivity index (χ2v) is 7.62. The highest BCUT2D eigenvalue weighted by Gasteiger charge is 2.42. The molecule has 4 rings (SSSR count). The third kappa shape index (κ3) is 3.83. The average Bonchev–Trinajstić information content (AvgIpc) is 3.29. The number of fused-ring (bicyclic) bond motifs is 1. The number of halogens is 1. The minimum atomic E-state index is -0.299. The van der Waals surface area contributed by atoms with Crippen LogP contribution in [-0.2, 0) is 0 Å². The van der Waals surface area contributed by atoms with E-state index in [1.165, 1.54) is 12.1 Å². The molecule has 2 aromatic carbocycles. The quantitative estimate of drug-likeness (QED) is 0.681. The summed E-state index contributed by atoms with van der Waals surface area (Å²) in [6, 6.07) is 11.3. The number of carbonyl (C=O) groups is 2. The maximum absolute atomic E-state index is 13.2. The molecule has 152 valence electrons. The molecule has 7 nitrogen and oxygen atoms in total. The Morgan fingerprint density at radius 3 is 2.07 bits per heavy atom. The van der Waals surface area contributed by atoms with Crippen molar-refractivity contribution in [2.24, 2.45) is 11.8 Å². The number of nitrogens with zero attached hydrogens (tertiary/aromatic N) is 2. The van der Waals surface area contributed by atoms with Gasteiger partial charge in [-0.15, -0.1) is 0 Å². The molecule has 2 unspecified atom stereocenters. The molecule has 2 saturated heterocycles. The fourth-order valence-electron chi connectivity index (χ4n) is 4.16. The fraction of sp³-hybridized carbons (Fsp3) is 0.333. The van der Waals surface area contributed by atoms with Crippen molar-refractivity contribution in [1.29, 1.82) is 0 Å². The van der Waals surface area contributed by atoms with Gasteiger partial charge < -0.3 is 26.2 Å². The molecular formula is C21H24FN5O2. The van der Waals surface area contributed by atoms with E-state index in [1.807, 2.05) is 6.07 Å². The molecule has 2 aliphatic heterocycles. The molecule has 0 radical (unpaired) electrons. The summed E-state index contributed by atoms with van der Waals surface area (Å²) in [4.78, 5) is 28.2. The summed E-state index contributed by atoms with van der Waals surface area (Å²) in [5.74, 6) is 0.286. The van der Waals surface area contributed by atoms with Gasteiger partial charge in [-0.05, 0) is 35.4 Å². The number of hydrogen-bond acceptors (Lipinski definition) is 3. The average molecular weight is 397 g/mol. The van der Waals surface area contributed by atoms with E-state index in [9.17, 15) is 14.0 Å². The molecule has 0 saturated carbocycles. The molecule has 2 aliphatic rings. The third-order valence-corrected chi connectivity index (χ3v) is 5.75. The van der Waals surface area contributed by atoms with Crippen LogP contribution in [0.15, 0.2) is 42.5 Å². The van der Waals surface area contributed by atoms with Crippen molar-refractivity contribution >= 4 is 23.4 Å². The summed E-state index contributed by atoms with van der Waals surface area (Å²) >= 11 is 0. The van der Waals surface area contributed by atoms with Gasteiger partial charge in [0.15, 0.2) is 0 Å². The molecule has 29 heavy (non-hydrogen) atoms. The van der Waals surface area contributed by atoms with Crippen molar-refractivity contribution in [2.45, 2.75) is 0 Å². The first-order valence-corrected chi connectivity index (χ1v) is 9.62. The van der Waals surface area contributed by atoms with Crippen LogP contribution in [0.3, 0.4) is 0 Å². The second kappa shape index (κ2) is 7.62. The predicted molar refractivity (Wildman–Crippen MR) is 110 cm³/mol. The Labute approximate surface area is 168 Å². The number of nitrogen functional groups attached to an aromatic ring is 1. The Bertz CT molecular complexity index is 919. The Morgan fingerprint density at radius 1 is 0.931 bits per heavy atom. The number of amides is 4. The Kier molecular flexibility index (Phi) is 5.00. The van der Waals surface area contributed by atoms with E-state index in [2.05, 4.69) is 10.6 Å². The minimum absolute atomic E-state index is 0.0687. The molecule has 2 heterocycles. The van der Waals surface area contributed by atoms with Crippen LogP contribution in [0.1, 0.15) is 0 Å². The van der Waals surface area contributed by atoms with Crippen LogP contribution in [-0.4, -0.2) is 55.1 Å². The lowest BCUT2D eigenvalue weighted by Gasteiger charge is -2.22. The van der Waals surface area contributed by atoms with Crippen molar-refractivity contribution in [3.05, 3.63) is 48.3 Å². The smallest absolute Gasteiger partial charge is 0.321 e. The van der Waals surface area contributed by atoms with Crippen molar-refractivity contribution < 1.29 is 14.0 Å². The molecule has 2 aromatic rings. The van der Waals surface area contributed by atoms with E-state index in [-0.39, 0.29) is 17.9 Å². The highest BCUT2D eigenvalue weighted by atomic mass is 19.1. The van der Waals surface area contributed by atoms with Gasteiger partial charge in [-0.2, -0.15) is 0 Å². The number of nitrogens with one attached hydrogen (secondary N) is 2. The van der Waals surface area contributed by atoms with Crippen LogP contribution < -0.4 is 16.4 Å². The first kappa shape index (κ1) is 19.0. The number of anilines is 2. The second-order valence-electron chi connectivity index (χ2n) is 7.62. The van der Waals surface area contributed by atoms with Crippen LogP contribution in [0.5, 0.6) is 0 Å². The minimum Gasteiger partial charge on any atom is -0.397 e. The lowest BCUT2D eigenvalue weighted by atomic mass is 10.0. The Hall–Kier alpha value is -3.29.